The maximum atomic E-state index is 13.4. The smallest absolute Gasteiger partial charge is 0.267 e. The molecule has 1 heterocycles. The number of rotatable bonds is 4. The summed E-state index contributed by atoms with van der Waals surface area (Å²) in [5, 5.41) is 6.01. The molecule has 6 heteroatoms. The Bertz CT molecular complexity index is 1050. The molecule has 0 saturated carbocycles. The van der Waals surface area contributed by atoms with E-state index in [1.807, 2.05) is 30.5 Å². The van der Waals surface area contributed by atoms with Gasteiger partial charge < -0.3 is 0 Å². The molecule has 29 heavy (non-hydrogen) atoms. The van der Waals surface area contributed by atoms with E-state index in [9.17, 15) is 13.6 Å². The fraction of sp³-hybridized carbons (Fsp3) is 0.130. The van der Waals surface area contributed by atoms with Gasteiger partial charge in [-0.15, -0.1) is 11.8 Å². The lowest BCUT2D eigenvalue weighted by molar-refractivity contribution is 0.0711. The predicted molar refractivity (Wildman–Crippen MR) is 111 cm³/mol. The summed E-state index contributed by atoms with van der Waals surface area (Å²) < 4.78 is 26.7. The number of nitrogens with zero attached hydrogens (tertiary/aromatic N) is 2. The summed E-state index contributed by atoms with van der Waals surface area (Å²) in [5.74, 6) is -1.07. The van der Waals surface area contributed by atoms with Crippen LogP contribution in [0.1, 0.15) is 33.9 Å². The van der Waals surface area contributed by atoms with Crippen LogP contribution in [0.2, 0.25) is 0 Å². The number of hydrogen-bond donors (Lipinski definition) is 0. The summed E-state index contributed by atoms with van der Waals surface area (Å²) in [4.78, 5) is 14.2. The Morgan fingerprint density at radius 3 is 2.10 bits per heavy atom. The predicted octanol–water partition coefficient (Wildman–Crippen LogP) is 5.68. The van der Waals surface area contributed by atoms with Crippen LogP contribution in [0.15, 0.2) is 82.8 Å². The van der Waals surface area contributed by atoms with Gasteiger partial charge in [-0.3, -0.25) is 4.79 Å². The minimum Gasteiger partial charge on any atom is -0.267 e. The van der Waals surface area contributed by atoms with Crippen molar-refractivity contribution in [3.05, 3.63) is 101 Å². The number of halogens is 2. The molecule has 0 radical (unpaired) electrons. The largest absolute Gasteiger partial charge is 0.274 e. The monoisotopic (exact) mass is 408 g/mol. The fourth-order valence-electron chi connectivity index (χ4n) is 3.32. The second-order valence-electron chi connectivity index (χ2n) is 6.70. The first-order chi connectivity index (χ1) is 14.0. The molecule has 3 aromatic carbocycles. The van der Waals surface area contributed by atoms with Crippen LogP contribution in [0.25, 0.3) is 0 Å². The Hall–Kier alpha value is -2.99. The van der Waals surface area contributed by atoms with Crippen molar-refractivity contribution in [3.8, 4) is 0 Å². The van der Waals surface area contributed by atoms with E-state index < -0.39 is 5.82 Å². The van der Waals surface area contributed by atoms with Crippen molar-refractivity contribution in [2.24, 2.45) is 5.10 Å². The third-order valence-electron chi connectivity index (χ3n) is 4.89. The Balaban J connectivity index is 1.70. The van der Waals surface area contributed by atoms with E-state index in [1.54, 1.807) is 23.9 Å². The van der Waals surface area contributed by atoms with Crippen LogP contribution in [0.4, 0.5) is 8.78 Å². The Labute approximate surface area is 172 Å². The number of hydrogen-bond acceptors (Lipinski definition) is 3. The van der Waals surface area contributed by atoms with Crippen LogP contribution in [-0.2, 0) is 0 Å². The molecule has 0 bridgehead atoms. The number of amides is 1. The molecular formula is C23H18F2N2OS. The van der Waals surface area contributed by atoms with Crippen molar-refractivity contribution in [1.82, 2.24) is 5.01 Å². The molecule has 1 atom stereocenters. The summed E-state index contributed by atoms with van der Waals surface area (Å²) in [7, 11) is 0. The van der Waals surface area contributed by atoms with E-state index in [4.69, 9.17) is 0 Å². The van der Waals surface area contributed by atoms with Crippen molar-refractivity contribution in [2.45, 2.75) is 17.4 Å². The van der Waals surface area contributed by atoms with Crippen molar-refractivity contribution in [2.75, 3.05) is 6.26 Å². The first-order valence-corrected chi connectivity index (χ1v) is 10.3. The van der Waals surface area contributed by atoms with E-state index in [2.05, 4.69) is 5.10 Å². The fourth-order valence-corrected chi connectivity index (χ4v) is 3.73. The molecule has 4 rings (SSSR count). The maximum Gasteiger partial charge on any atom is 0.274 e. The van der Waals surface area contributed by atoms with E-state index in [-0.39, 0.29) is 17.8 Å². The normalized spacial score (nSPS) is 16.0. The molecule has 3 aromatic rings. The molecule has 0 aromatic heterocycles. The van der Waals surface area contributed by atoms with Crippen LogP contribution in [-0.4, -0.2) is 22.9 Å². The first kappa shape index (κ1) is 19.3. The van der Waals surface area contributed by atoms with Gasteiger partial charge in [-0.2, -0.15) is 5.10 Å². The third-order valence-corrected chi connectivity index (χ3v) is 5.63. The highest BCUT2D eigenvalue weighted by Crippen LogP contribution is 2.34. The van der Waals surface area contributed by atoms with Gasteiger partial charge in [-0.1, -0.05) is 24.3 Å². The minimum absolute atomic E-state index is 0.324. The van der Waals surface area contributed by atoms with E-state index in [1.165, 1.54) is 41.4 Å². The molecule has 1 aliphatic heterocycles. The van der Waals surface area contributed by atoms with Crippen LogP contribution >= 0.6 is 11.8 Å². The summed E-state index contributed by atoms with van der Waals surface area (Å²) in [6.45, 7) is 0. The van der Waals surface area contributed by atoms with Crippen LogP contribution in [0.5, 0.6) is 0 Å². The second kappa shape index (κ2) is 8.17. The molecule has 146 valence electrons. The van der Waals surface area contributed by atoms with E-state index in [0.29, 0.717) is 12.0 Å². The lowest BCUT2D eigenvalue weighted by atomic mass is 9.98. The Kier molecular flexibility index (Phi) is 5.45. The Morgan fingerprint density at radius 2 is 1.52 bits per heavy atom. The molecule has 0 spiro atoms. The lowest BCUT2D eigenvalue weighted by Gasteiger charge is -2.22. The zero-order valence-electron chi connectivity index (χ0n) is 15.7. The molecular weight excluding hydrogens is 390 g/mol. The molecule has 3 nitrogen and oxygen atoms in total. The zero-order chi connectivity index (χ0) is 20.4. The molecule has 1 aliphatic rings. The van der Waals surface area contributed by atoms with Gasteiger partial charge in [0.25, 0.3) is 5.91 Å². The van der Waals surface area contributed by atoms with Crippen LogP contribution in [0.3, 0.4) is 0 Å². The SMILES string of the molecule is CSc1ccc(C2=NN(C(=O)c3ccc(F)cc3)C(c3ccc(F)cc3)C2)cc1. The number of carbonyl (C=O) groups excluding carboxylic acids is 1. The van der Waals surface area contributed by atoms with Crippen molar-refractivity contribution < 1.29 is 13.6 Å². The van der Waals surface area contributed by atoms with E-state index >= 15 is 0 Å². The van der Waals surface area contributed by atoms with Gasteiger partial charge in [0.1, 0.15) is 11.6 Å². The number of benzene rings is 3. The minimum atomic E-state index is -0.406. The highest BCUT2D eigenvalue weighted by molar-refractivity contribution is 7.98. The number of hydrazone groups is 1. The molecule has 0 N–H and O–H groups in total. The number of thioether (sulfide) groups is 1. The van der Waals surface area contributed by atoms with Gasteiger partial charge in [0.05, 0.1) is 11.8 Å². The zero-order valence-corrected chi connectivity index (χ0v) is 16.5. The lowest BCUT2D eigenvalue weighted by Crippen LogP contribution is -2.27. The molecule has 1 unspecified atom stereocenters. The molecule has 1 amide bonds. The number of carbonyl (C=O) groups is 1. The average molecular weight is 408 g/mol. The van der Waals surface area contributed by atoms with Crippen molar-refractivity contribution in [1.29, 1.82) is 0 Å². The standard InChI is InChI=1S/C23H18F2N2OS/c1-29-20-12-6-15(7-13-20)21-14-22(16-2-8-18(24)9-3-16)27(26-21)23(28)17-4-10-19(25)11-5-17/h2-13,22H,14H2,1H3. The molecule has 0 saturated heterocycles. The average Bonchev–Trinajstić information content (AvgIpc) is 3.20. The van der Waals surface area contributed by atoms with Gasteiger partial charge in [0.15, 0.2) is 0 Å². The highest BCUT2D eigenvalue weighted by atomic mass is 32.2. The second-order valence-corrected chi connectivity index (χ2v) is 7.58. The van der Waals surface area contributed by atoms with Crippen LogP contribution in [0, 0.1) is 11.6 Å². The molecule has 0 aliphatic carbocycles. The Morgan fingerprint density at radius 1 is 0.931 bits per heavy atom. The summed E-state index contributed by atoms with van der Waals surface area (Å²) in [6, 6.07) is 19.1. The topological polar surface area (TPSA) is 32.7 Å². The first-order valence-electron chi connectivity index (χ1n) is 9.11. The summed E-state index contributed by atoms with van der Waals surface area (Å²) in [5.41, 5.74) is 2.86. The highest BCUT2D eigenvalue weighted by Gasteiger charge is 2.33. The summed E-state index contributed by atoms with van der Waals surface area (Å²) >= 11 is 1.65. The maximum absolute atomic E-state index is 13.4. The van der Waals surface area contributed by atoms with Crippen molar-refractivity contribution in [3.63, 3.8) is 0 Å². The van der Waals surface area contributed by atoms with Gasteiger partial charge in [-0.05, 0) is 65.9 Å². The third kappa shape index (κ3) is 4.07. The van der Waals surface area contributed by atoms with Gasteiger partial charge >= 0.3 is 0 Å². The van der Waals surface area contributed by atoms with E-state index in [0.717, 1.165) is 21.7 Å². The molecule has 0 fully saturated rings. The summed E-state index contributed by atoms with van der Waals surface area (Å²) in [6.07, 6.45) is 2.52. The van der Waals surface area contributed by atoms with Gasteiger partial charge in [0.2, 0.25) is 0 Å². The quantitative estimate of drug-likeness (QED) is 0.521. The van der Waals surface area contributed by atoms with Gasteiger partial charge in [0, 0.05) is 16.9 Å². The van der Waals surface area contributed by atoms with Crippen molar-refractivity contribution >= 4 is 23.4 Å². The van der Waals surface area contributed by atoms with Gasteiger partial charge in [-0.25, -0.2) is 13.8 Å². The van der Waals surface area contributed by atoms with Crippen LogP contribution < -0.4 is 0 Å².